The zero-order chi connectivity index (χ0) is 19.0. The van der Waals surface area contributed by atoms with Gasteiger partial charge in [0.05, 0.1) is 12.5 Å². The first kappa shape index (κ1) is 17.9. The smallest absolute Gasteiger partial charge is 0.272 e. The van der Waals surface area contributed by atoms with Crippen LogP contribution in [-0.4, -0.2) is 63.4 Å². The number of benzene rings is 1. The molecule has 1 unspecified atom stereocenters. The van der Waals surface area contributed by atoms with Crippen molar-refractivity contribution in [3.63, 3.8) is 0 Å². The Kier molecular flexibility index (Phi) is 4.78. The number of aryl methyl sites for hydroxylation is 1. The van der Waals surface area contributed by atoms with Crippen molar-refractivity contribution in [2.75, 3.05) is 31.5 Å². The van der Waals surface area contributed by atoms with Crippen molar-refractivity contribution >= 4 is 29.1 Å². The fourth-order valence-corrected chi connectivity index (χ4v) is 3.96. The molecule has 1 aromatic carbocycles. The van der Waals surface area contributed by atoms with Crippen LogP contribution in [0.25, 0.3) is 0 Å². The molecule has 3 heterocycles. The average Bonchev–Trinajstić information content (AvgIpc) is 3.18. The summed E-state index contributed by atoms with van der Waals surface area (Å²) in [5.74, 6) is 0.0440. The molecule has 2 aliphatic rings. The third-order valence-electron chi connectivity index (χ3n) is 5.25. The second-order valence-corrected chi connectivity index (χ2v) is 7.50. The Labute approximate surface area is 162 Å². The van der Waals surface area contributed by atoms with Gasteiger partial charge >= 0.3 is 0 Å². The van der Waals surface area contributed by atoms with Crippen molar-refractivity contribution in [3.8, 4) is 0 Å². The number of aromatic nitrogens is 2. The lowest BCUT2D eigenvalue weighted by atomic mass is 10.1. The van der Waals surface area contributed by atoms with Crippen LogP contribution in [0, 0.1) is 0 Å². The predicted molar refractivity (Wildman–Crippen MR) is 103 cm³/mol. The van der Waals surface area contributed by atoms with Gasteiger partial charge in [-0.2, -0.15) is 0 Å². The molecule has 2 amide bonds. The van der Waals surface area contributed by atoms with E-state index in [4.69, 9.17) is 11.6 Å². The first-order valence-corrected chi connectivity index (χ1v) is 9.50. The average molecular weight is 388 g/mol. The lowest BCUT2D eigenvalue weighted by Gasteiger charge is -2.25. The molecule has 8 heteroatoms. The molecule has 2 aromatic rings. The van der Waals surface area contributed by atoms with Gasteiger partial charge in [-0.3, -0.25) is 9.59 Å². The summed E-state index contributed by atoms with van der Waals surface area (Å²) in [6, 6.07) is 5.39. The highest BCUT2D eigenvalue weighted by molar-refractivity contribution is 6.30. The lowest BCUT2D eigenvalue weighted by Crippen LogP contribution is -2.44. The van der Waals surface area contributed by atoms with E-state index in [1.54, 1.807) is 22.0 Å². The molecule has 1 N–H and O–H groups in total. The van der Waals surface area contributed by atoms with E-state index in [2.05, 4.69) is 10.3 Å². The van der Waals surface area contributed by atoms with Gasteiger partial charge in [0.2, 0.25) is 5.91 Å². The first-order chi connectivity index (χ1) is 13.0. The highest BCUT2D eigenvalue weighted by Gasteiger charge is 2.32. The number of nitrogens with one attached hydrogen (secondary N) is 1. The maximum atomic E-state index is 13.0. The Balaban J connectivity index is 1.39. The van der Waals surface area contributed by atoms with Crippen LogP contribution in [0.4, 0.5) is 5.69 Å². The molecule has 0 radical (unpaired) electrons. The SMILES string of the molecule is Cn1cncc1C(=O)N1CCCN(C(=O)C2Cc3cc(Cl)ccc3N2)CC1. The second kappa shape index (κ2) is 7.23. The largest absolute Gasteiger partial charge is 0.373 e. The molecule has 1 atom stereocenters. The molecule has 1 saturated heterocycles. The van der Waals surface area contributed by atoms with E-state index in [9.17, 15) is 9.59 Å². The number of nitrogens with zero attached hydrogens (tertiary/aromatic N) is 4. The van der Waals surface area contributed by atoms with Crippen LogP contribution in [0.1, 0.15) is 22.5 Å². The van der Waals surface area contributed by atoms with Gasteiger partial charge in [-0.15, -0.1) is 0 Å². The maximum absolute atomic E-state index is 13.0. The molecule has 7 nitrogen and oxygen atoms in total. The van der Waals surface area contributed by atoms with Crippen molar-refractivity contribution in [1.82, 2.24) is 19.4 Å². The zero-order valence-electron chi connectivity index (χ0n) is 15.2. The van der Waals surface area contributed by atoms with Crippen molar-refractivity contribution in [2.45, 2.75) is 18.9 Å². The highest BCUT2D eigenvalue weighted by Crippen LogP contribution is 2.29. The monoisotopic (exact) mass is 387 g/mol. The maximum Gasteiger partial charge on any atom is 0.272 e. The van der Waals surface area contributed by atoms with E-state index in [1.807, 2.05) is 30.1 Å². The van der Waals surface area contributed by atoms with E-state index in [1.165, 1.54) is 0 Å². The van der Waals surface area contributed by atoms with E-state index in [0.717, 1.165) is 17.7 Å². The molecule has 0 spiro atoms. The lowest BCUT2D eigenvalue weighted by molar-refractivity contribution is -0.131. The summed E-state index contributed by atoms with van der Waals surface area (Å²) in [6.45, 7) is 2.37. The molecule has 2 aliphatic heterocycles. The summed E-state index contributed by atoms with van der Waals surface area (Å²) in [5.41, 5.74) is 2.61. The molecule has 0 aliphatic carbocycles. The molecule has 1 fully saturated rings. The minimum absolute atomic E-state index is 0.0367. The van der Waals surface area contributed by atoms with Gasteiger partial charge in [0.25, 0.3) is 5.91 Å². The van der Waals surface area contributed by atoms with E-state index in [-0.39, 0.29) is 17.9 Å². The first-order valence-electron chi connectivity index (χ1n) is 9.12. The number of halogens is 1. The summed E-state index contributed by atoms with van der Waals surface area (Å²) < 4.78 is 1.72. The number of anilines is 1. The molecule has 4 rings (SSSR count). The predicted octanol–water partition coefficient (Wildman–Crippen LogP) is 1.78. The number of fused-ring (bicyclic) bond motifs is 1. The summed E-state index contributed by atoms with van der Waals surface area (Å²) >= 11 is 6.05. The second-order valence-electron chi connectivity index (χ2n) is 7.06. The number of hydrogen-bond acceptors (Lipinski definition) is 4. The van der Waals surface area contributed by atoms with Crippen molar-refractivity contribution in [1.29, 1.82) is 0 Å². The molecular weight excluding hydrogens is 366 g/mol. The minimum Gasteiger partial charge on any atom is -0.373 e. The van der Waals surface area contributed by atoms with Gasteiger partial charge in [0.1, 0.15) is 11.7 Å². The highest BCUT2D eigenvalue weighted by atomic mass is 35.5. The standard InChI is InChI=1S/C19H22ClN5O2/c1-23-12-21-11-17(23)19(27)25-6-2-5-24(7-8-25)18(26)16-10-13-9-14(20)3-4-15(13)22-16/h3-4,9,11-12,16,22H,2,5-8,10H2,1H3. The van der Waals surface area contributed by atoms with Gasteiger partial charge in [0.15, 0.2) is 0 Å². The number of carbonyl (C=O) groups is 2. The Morgan fingerprint density at radius 2 is 1.96 bits per heavy atom. The third-order valence-corrected chi connectivity index (χ3v) is 5.48. The minimum atomic E-state index is -0.266. The summed E-state index contributed by atoms with van der Waals surface area (Å²) in [5, 5.41) is 3.98. The Bertz CT molecular complexity index is 881. The normalized spacial score (nSPS) is 19.4. The Hall–Kier alpha value is -2.54. The fraction of sp³-hybridized carbons (Fsp3) is 0.421. The van der Waals surface area contributed by atoms with E-state index < -0.39 is 0 Å². The Morgan fingerprint density at radius 1 is 1.19 bits per heavy atom. The molecule has 142 valence electrons. The molecule has 0 bridgehead atoms. The fourth-order valence-electron chi connectivity index (χ4n) is 3.77. The molecule has 1 aromatic heterocycles. The molecular formula is C19H22ClN5O2. The van der Waals surface area contributed by atoms with Gasteiger partial charge in [0, 0.05) is 50.4 Å². The molecule has 27 heavy (non-hydrogen) atoms. The van der Waals surface area contributed by atoms with Gasteiger partial charge < -0.3 is 19.7 Å². The summed E-state index contributed by atoms with van der Waals surface area (Å²) in [6.07, 6.45) is 4.61. The van der Waals surface area contributed by atoms with Crippen molar-refractivity contribution < 1.29 is 9.59 Å². The number of amides is 2. The Morgan fingerprint density at radius 3 is 2.74 bits per heavy atom. The van der Waals surface area contributed by atoms with Crippen LogP contribution in [0.15, 0.2) is 30.7 Å². The molecule has 0 saturated carbocycles. The van der Waals surface area contributed by atoms with Crippen LogP contribution in [0.3, 0.4) is 0 Å². The van der Waals surface area contributed by atoms with Crippen LogP contribution in [-0.2, 0) is 18.3 Å². The van der Waals surface area contributed by atoms with Gasteiger partial charge in [-0.25, -0.2) is 4.98 Å². The quantitative estimate of drug-likeness (QED) is 0.852. The topological polar surface area (TPSA) is 70.5 Å². The number of imidazole rings is 1. The van der Waals surface area contributed by atoms with Gasteiger partial charge in [-0.1, -0.05) is 11.6 Å². The van der Waals surface area contributed by atoms with E-state index in [0.29, 0.717) is 43.3 Å². The number of rotatable bonds is 2. The van der Waals surface area contributed by atoms with Crippen molar-refractivity contribution in [3.05, 3.63) is 47.0 Å². The number of carbonyl (C=O) groups excluding carboxylic acids is 2. The van der Waals surface area contributed by atoms with Crippen LogP contribution < -0.4 is 5.32 Å². The van der Waals surface area contributed by atoms with Crippen LogP contribution in [0.2, 0.25) is 5.02 Å². The van der Waals surface area contributed by atoms with Crippen LogP contribution >= 0.6 is 11.6 Å². The van der Waals surface area contributed by atoms with E-state index >= 15 is 0 Å². The van der Waals surface area contributed by atoms with Crippen molar-refractivity contribution in [2.24, 2.45) is 7.05 Å². The van der Waals surface area contributed by atoms with Crippen LogP contribution in [0.5, 0.6) is 0 Å². The summed E-state index contributed by atoms with van der Waals surface area (Å²) in [7, 11) is 1.81. The van der Waals surface area contributed by atoms with Gasteiger partial charge in [-0.05, 0) is 30.2 Å². The zero-order valence-corrected chi connectivity index (χ0v) is 15.9. The number of hydrogen-bond donors (Lipinski definition) is 1. The third kappa shape index (κ3) is 3.51. The summed E-state index contributed by atoms with van der Waals surface area (Å²) in [4.78, 5) is 33.3.